The first-order valence-corrected chi connectivity index (χ1v) is 7.95. The van der Waals surface area contributed by atoms with Crippen LogP contribution in [0.2, 0.25) is 0 Å². The summed E-state index contributed by atoms with van der Waals surface area (Å²) in [4.78, 5) is 14.7. The maximum absolute atomic E-state index is 10.9. The Morgan fingerprint density at radius 1 is 1.52 bits per heavy atom. The van der Waals surface area contributed by atoms with Gasteiger partial charge in [-0.2, -0.15) is 16.8 Å². The molecule has 0 saturated heterocycles. The van der Waals surface area contributed by atoms with Crippen molar-refractivity contribution in [2.45, 2.75) is 25.4 Å². The highest BCUT2D eigenvalue weighted by molar-refractivity contribution is 7.98. The topological polar surface area (TPSA) is 98.9 Å². The zero-order chi connectivity index (χ0) is 15.1. The molecule has 7 nitrogen and oxygen atoms in total. The Morgan fingerprint density at radius 2 is 2.33 bits per heavy atom. The third-order valence-electron chi connectivity index (χ3n) is 2.72. The number of hydrogen-bond acceptors (Lipinski definition) is 7. The molecule has 1 aromatic rings. The fourth-order valence-electron chi connectivity index (χ4n) is 1.72. The van der Waals surface area contributed by atoms with Crippen LogP contribution in [0.3, 0.4) is 0 Å². The number of nitrogens with one attached hydrogen (secondary N) is 3. The van der Waals surface area contributed by atoms with E-state index < -0.39 is 6.23 Å². The summed E-state index contributed by atoms with van der Waals surface area (Å²) in [5.74, 6) is 3.82. The average molecular weight is 312 g/mol. The Hall–Kier alpha value is -1.51. The maximum Gasteiger partial charge on any atom is 0.268 e. The molecule has 1 aliphatic heterocycles. The molecule has 8 heteroatoms. The number of carbonyl (C=O) groups excluding carboxylic acids is 1. The van der Waals surface area contributed by atoms with Crippen LogP contribution in [0.1, 0.15) is 18.4 Å². The van der Waals surface area contributed by atoms with Crippen molar-refractivity contribution >= 4 is 23.6 Å². The second-order valence-electron chi connectivity index (χ2n) is 4.61. The van der Waals surface area contributed by atoms with Crippen LogP contribution in [0.4, 0.5) is 0 Å². The van der Waals surface area contributed by atoms with Gasteiger partial charge in [0.25, 0.3) is 5.91 Å². The number of carbonyl (C=O) groups is 1. The number of nitrogens with zero attached hydrogens (tertiary/aromatic N) is 1. The zero-order valence-corrected chi connectivity index (χ0v) is 12.7. The van der Waals surface area contributed by atoms with Gasteiger partial charge in [0.05, 0.1) is 18.8 Å². The molecule has 0 fully saturated rings. The van der Waals surface area contributed by atoms with Crippen molar-refractivity contribution in [3.8, 4) is 0 Å². The molecule has 0 saturated carbocycles. The summed E-state index contributed by atoms with van der Waals surface area (Å²) < 4.78 is 5.63. The van der Waals surface area contributed by atoms with Gasteiger partial charge in [-0.05, 0) is 19.1 Å². The number of thioether (sulfide) groups is 1. The number of aliphatic imine (C=N–C) groups is 1. The molecule has 116 valence electrons. The van der Waals surface area contributed by atoms with Gasteiger partial charge in [-0.15, -0.1) is 0 Å². The van der Waals surface area contributed by atoms with Crippen LogP contribution in [0.25, 0.3) is 0 Å². The van der Waals surface area contributed by atoms with E-state index in [-0.39, 0.29) is 12.5 Å². The SMILES string of the molecule is CC(O)NCc1ccc(CSCCNC2=NC(=O)CN2)o1. The standard InChI is InChI=1S/C13H20N4O3S/c1-9(18)15-6-10-2-3-11(20-10)8-21-5-4-14-13-16-7-12(19)17-13/h2-3,9,15,18H,4-8H2,1H3,(H2,14,16,17,19). The van der Waals surface area contributed by atoms with Crippen molar-refractivity contribution in [1.82, 2.24) is 16.0 Å². The molecule has 1 unspecified atom stereocenters. The fourth-order valence-corrected chi connectivity index (χ4v) is 2.47. The van der Waals surface area contributed by atoms with E-state index in [0.29, 0.717) is 12.5 Å². The molecule has 0 spiro atoms. The second-order valence-corrected chi connectivity index (χ2v) is 5.72. The number of furan rings is 1. The number of rotatable bonds is 8. The molecule has 1 amide bonds. The Balaban J connectivity index is 1.58. The smallest absolute Gasteiger partial charge is 0.268 e. The number of aliphatic hydroxyl groups is 1. The van der Waals surface area contributed by atoms with Crippen LogP contribution in [-0.2, 0) is 17.1 Å². The Bertz CT molecular complexity index is 501. The lowest BCUT2D eigenvalue weighted by Crippen LogP contribution is -2.35. The molecule has 2 rings (SSSR count). The number of guanidine groups is 1. The third-order valence-corrected chi connectivity index (χ3v) is 3.70. The van der Waals surface area contributed by atoms with Gasteiger partial charge in [0.15, 0.2) is 5.96 Å². The van der Waals surface area contributed by atoms with Gasteiger partial charge in [-0.25, -0.2) is 0 Å². The maximum atomic E-state index is 10.9. The van der Waals surface area contributed by atoms with Crippen molar-refractivity contribution in [2.24, 2.45) is 4.99 Å². The van der Waals surface area contributed by atoms with E-state index in [4.69, 9.17) is 9.52 Å². The van der Waals surface area contributed by atoms with Crippen LogP contribution < -0.4 is 16.0 Å². The predicted molar refractivity (Wildman–Crippen MR) is 81.8 cm³/mol. The Morgan fingerprint density at radius 3 is 3.05 bits per heavy atom. The van der Waals surface area contributed by atoms with Crippen LogP contribution in [0, 0.1) is 0 Å². The van der Waals surface area contributed by atoms with E-state index >= 15 is 0 Å². The van der Waals surface area contributed by atoms with Gasteiger partial charge in [0.1, 0.15) is 17.7 Å². The predicted octanol–water partition coefficient (Wildman–Crippen LogP) is 0.0161. The minimum atomic E-state index is -0.544. The monoisotopic (exact) mass is 312 g/mol. The van der Waals surface area contributed by atoms with Gasteiger partial charge in [0.2, 0.25) is 0 Å². The lowest BCUT2D eigenvalue weighted by Gasteiger charge is -2.05. The Kier molecular flexibility index (Phi) is 6.09. The van der Waals surface area contributed by atoms with Gasteiger partial charge in [0, 0.05) is 12.3 Å². The normalized spacial score (nSPS) is 15.7. The summed E-state index contributed by atoms with van der Waals surface area (Å²) in [6, 6.07) is 3.85. The van der Waals surface area contributed by atoms with E-state index in [1.807, 2.05) is 12.1 Å². The van der Waals surface area contributed by atoms with E-state index in [1.54, 1.807) is 18.7 Å². The summed E-state index contributed by atoms with van der Waals surface area (Å²) in [6.07, 6.45) is -0.544. The molecule has 0 aromatic carbocycles. The first-order chi connectivity index (χ1) is 10.1. The fraction of sp³-hybridized carbons (Fsp3) is 0.538. The van der Waals surface area contributed by atoms with Gasteiger partial charge < -0.3 is 20.2 Å². The Labute approximate surface area is 127 Å². The van der Waals surface area contributed by atoms with Crippen molar-refractivity contribution in [3.63, 3.8) is 0 Å². The van der Waals surface area contributed by atoms with Crippen LogP contribution in [0.5, 0.6) is 0 Å². The average Bonchev–Trinajstić information content (AvgIpc) is 3.05. The van der Waals surface area contributed by atoms with Crippen LogP contribution in [-0.4, -0.2) is 42.0 Å². The quantitative estimate of drug-likeness (QED) is 0.396. The summed E-state index contributed by atoms with van der Waals surface area (Å²) in [6.45, 7) is 3.21. The van der Waals surface area contributed by atoms with E-state index in [0.717, 1.165) is 29.6 Å². The molecule has 0 aliphatic carbocycles. The largest absolute Gasteiger partial charge is 0.464 e. The third kappa shape index (κ3) is 5.78. The van der Waals surface area contributed by atoms with Crippen molar-refractivity contribution < 1.29 is 14.3 Å². The lowest BCUT2D eigenvalue weighted by molar-refractivity contribution is -0.116. The summed E-state index contributed by atoms with van der Waals surface area (Å²) in [7, 11) is 0. The summed E-state index contributed by atoms with van der Waals surface area (Å²) >= 11 is 1.73. The number of aliphatic hydroxyl groups excluding tert-OH is 1. The molecule has 21 heavy (non-hydrogen) atoms. The van der Waals surface area contributed by atoms with Crippen molar-refractivity contribution in [3.05, 3.63) is 23.7 Å². The van der Waals surface area contributed by atoms with Crippen LogP contribution in [0.15, 0.2) is 21.5 Å². The van der Waals surface area contributed by atoms with E-state index in [9.17, 15) is 4.79 Å². The summed E-state index contributed by atoms with van der Waals surface area (Å²) in [5.41, 5.74) is 0. The van der Waals surface area contributed by atoms with Gasteiger partial charge in [-0.1, -0.05) is 0 Å². The first-order valence-electron chi connectivity index (χ1n) is 6.79. The molecule has 1 aromatic heterocycles. The molecule has 1 aliphatic rings. The van der Waals surface area contributed by atoms with Crippen LogP contribution >= 0.6 is 11.8 Å². The molecule has 0 radical (unpaired) electrons. The zero-order valence-electron chi connectivity index (χ0n) is 11.9. The number of hydrogen-bond donors (Lipinski definition) is 4. The first kappa shape index (κ1) is 15.9. The summed E-state index contributed by atoms with van der Waals surface area (Å²) in [5, 5.41) is 18.0. The molecule has 2 heterocycles. The molecule has 0 bridgehead atoms. The number of amides is 1. The molecular formula is C13H20N4O3S. The lowest BCUT2D eigenvalue weighted by atomic mass is 10.4. The highest BCUT2D eigenvalue weighted by atomic mass is 32.2. The highest BCUT2D eigenvalue weighted by Crippen LogP contribution is 2.15. The van der Waals surface area contributed by atoms with Crippen molar-refractivity contribution in [2.75, 3.05) is 18.8 Å². The highest BCUT2D eigenvalue weighted by Gasteiger charge is 2.11. The molecular weight excluding hydrogens is 292 g/mol. The van der Waals surface area contributed by atoms with Gasteiger partial charge >= 0.3 is 0 Å². The molecule has 1 atom stereocenters. The minimum absolute atomic E-state index is 0.140. The van der Waals surface area contributed by atoms with Gasteiger partial charge in [-0.3, -0.25) is 10.1 Å². The molecule has 4 N–H and O–H groups in total. The van der Waals surface area contributed by atoms with E-state index in [2.05, 4.69) is 20.9 Å². The minimum Gasteiger partial charge on any atom is -0.464 e. The van der Waals surface area contributed by atoms with Crippen molar-refractivity contribution in [1.29, 1.82) is 0 Å². The second kappa shape index (κ2) is 8.06. The van der Waals surface area contributed by atoms with E-state index in [1.165, 1.54) is 0 Å².